The third-order valence-electron chi connectivity index (χ3n) is 5.01. The first-order valence-corrected chi connectivity index (χ1v) is 9.46. The zero-order chi connectivity index (χ0) is 18.6. The highest BCUT2D eigenvalue weighted by molar-refractivity contribution is 6.03. The second-order valence-electron chi connectivity index (χ2n) is 7.19. The fraction of sp³-hybridized carbons (Fsp3) is 0.450. The largest absolute Gasteiger partial charge is 0.378 e. The van der Waals surface area contributed by atoms with Crippen molar-refractivity contribution in [3.05, 3.63) is 42.4 Å². The number of hydrogen-bond donors (Lipinski definition) is 1. The maximum Gasteiger partial charge on any atom is 0.274 e. The molecular weight excluding hydrogens is 342 g/mol. The van der Waals surface area contributed by atoms with Crippen molar-refractivity contribution in [2.24, 2.45) is 5.92 Å². The third-order valence-corrected chi connectivity index (χ3v) is 5.01. The Balaban J connectivity index is 1.39. The van der Waals surface area contributed by atoms with Crippen LogP contribution in [-0.2, 0) is 4.74 Å². The zero-order valence-electron chi connectivity index (χ0n) is 15.6. The van der Waals surface area contributed by atoms with E-state index in [2.05, 4.69) is 25.1 Å². The molecule has 1 amide bonds. The van der Waals surface area contributed by atoms with E-state index in [4.69, 9.17) is 4.74 Å². The minimum absolute atomic E-state index is 0.224. The number of nitrogens with one attached hydrogen (secondary N) is 1. The molecule has 0 radical (unpaired) electrons. The molecule has 2 fully saturated rings. The molecule has 0 atom stereocenters. The van der Waals surface area contributed by atoms with Crippen LogP contribution in [0.3, 0.4) is 0 Å². The Morgan fingerprint density at radius 2 is 1.96 bits per heavy atom. The Morgan fingerprint density at radius 3 is 2.67 bits per heavy atom. The summed E-state index contributed by atoms with van der Waals surface area (Å²) in [5.74, 6) is 1.31. The number of carbonyl (C=O) groups is 1. The molecule has 0 spiro atoms. The van der Waals surface area contributed by atoms with Gasteiger partial charge >= 0.3 is 0 Å². The molecule has 1 aliphatic heterocycles. The Labute approximate surface area is 159 Å². The quantitative estimate of drug-likeness (QED) is 0.845. The number of morpholine rings is 1. The Hall–Kier alpha value is -2.67. The van der Waals surface area contributed by atoms with E-state index in [1.165, 1.54) is 19.2 Å². The molecule has 2 aliphatic rings. The van der Waals surface area contributed by atoms with Crippen molar-refractivity contribution in [3.8, 4) is 0 Å². The summed E-state index contributed by atoms with van der Waals surface area (Å²) in [7, 11) is 2.01. The standard InChI is InChI=1S/C20H25N5O2/c1-24(13-15-2-3-15)19-12-18(21-14-22-19)20(26)23-16-4-6-17(7-5-16)25-8-10-27-11-9-25/h4-7,12,14-15H,2-3,8-11,13H2,1H3,(H,23,26). The number of amides is 1. The third kappa shape index (κ3) is 4.54. The number of aromatic nitrogens is 2. The van der Waals surface area contributed by atoms with Crippen molar-refractivity contribution in [1.29, 1.82) is 0 Å². The van der Waals surface area contributed by atoms with Gasteiger partial charge in [0.05, 0.1) is 13.2 Å². The molecule has 27 heavy (non-hydrogen) atoms. The van der Waals surface area contributed by atoms with Gasteiger partial charge in [0.1, 0.15) is 17.8 Å². The van der Waals surface area contributed by atoms with Crippen LogP contribution in [-0.4, -0.2) is 55.8 Å². The molecule has 1 aromatic heterocycles. The van der Waals surface area contributed by atoms with Crippen LogP contribution < -0.4 is 15.1 Å². The highest BCUT2D eigenvalue weighted by Crippen LogP contribution is 2.30. The summed E-state index contributed by atoms with van der Waals surface area (Å²) >= 11 is 0. The lowest BCUT2D eigenvalue weighted by molar-refractivity contribution is 0.102. The number of benzene rings is 1. The monoisotopic (exact) mass is 367 g/mol. The molecule has 1 N–H and O–H groups in total. The molecule has 1 saturated carbocycles. The maximum atomic E-state index is 12.6. The Morgan fingerprint density at radius 1 is 1.22 bits per heavy atom. The Kier molecular flexibility index (Phi) is 5.20. The van der Waals surface area contributed by atoms with Crippen LogP contribution in [0.15, 0.2) is 36.7 Å². The van der Waals surface area contributed by atoms with E-state index in [9.17, 15) is 4.79 Å². The van der Waals surface area contributed by atoms with Crippen LogP contribution in [0.2, 0.25) is 0 Å². The number of rotatable bonds is 6. The van der Waals surface area contributed by atoms with Gasteiger partial charge in [-0.15, -0.1) is 0 Å². The van der Waals surface area contributed by atoms with Crippen LogP contribution in [0.5, 0.6) is 0 Å². The summed E-state index contributed by atoms with van der Waals surface area (Å²) in [5, 5.41) is 2.92. The number of ether oxygens (including phenoxy) is 1. The lowest BCUT2D eigenvalue weighted by Gasteiger charge is -2.28. The summed E-state index contributed by atoms with van der Waals surface area (Å²) < 4.78 is 5.38. The van der Waals surface area contributed by atoms with Gasteiger partial charge in [0.15, 0.2) is 0 Å². The molecule has 142 valence electrons. The van der Waals surface area contributed by atoms with Gasteiger partial charge in [-0.25, -0.2) is 9.97 Å². The maximum absolute atomic E-state index is 12.6. The van der Waals surface area contributed by atoms with Crippen molar-refractivity contribution >= 4 is 23.1 Å². The smallest absolute Gasteiger partial charge is 0.274 e. The van der Waals surface area contributed by atoms with Gasteiger partial charge < -0.3 is 19.9 Å². The van der Waals surface area contributed by atoms with Gasteiger partial charge in [-0.05, 0) is 43.0 Å². The predicted octanol–water partition coefficient (Wildman–Crippen LogP) is 2.41. The summed E-state index contributed by atoms with van der Waals surface area (Å²) in [6.07, 6.45) is 4.02. The minimum atomic E-state index is -0.224. The SMILES string of the molecule is CN(CC1CC1)c1cc(C(=O)Nc2ccc(N3CCOCC3)cc2)ncn1. The molecule has 7 nitrogen and oxygen atoms in total. The number of carbonyl (C=O) groups excluding carboxylic acids is 1. The van der Waals surface area contributed by atoms with Crippen molar-refractivity contribution < 1.29 is 9.53 Å². The fourth-order valence-electron chi connectivity index (χ4n) is 3.23. The normalized spacial score (nSPS) is 16.9. The molecule has 4 rings (SSSR count). The van der Waals surface area contributed by atoms with E-state index >= 15 is 0 Å². The molecule has 7 heteroatoms. The van der Waals surface area contributed by atoms with Gasteiger partial charge in [0, 0.05) is 44.1 Å². The predicted molar refractivity (Wildman–Crippen MR) is 105 cm³/mol. The lowest BCUT2D eigenvalue weighted by atomic mass is 10.2. The first-order chi connectivity index (χ1) is 13.2. The first-order valence-electron chi connectivity index (χ1n) is 9.46. The van der Waals surface area contributed by atoms with Gasteiger partial charge in [-0.1, -0.05) is 0 Å². The average molecular weight is 367 g/mol. The number of anilines is 3. The van der Waals surface area contributed by atoms with Crippen LogP contribution in [0, 0.1) is 5.92 Å². The highest BCUT2D eigenvalue weighted by Gasteiger charge is 2.23. The zero-order valence-corrected chi connectivity index (χ0v) is 15.6. The summed E-state index contributed by atoms with van der Waals surface area (Å²) in [6, 6.07) is 9.64. The molecule has 2 aromatic rings. The lowest BCUT2D eigenvalue weighted by Crippen LogP contribution is -2.36. The van der Waals surface area contributed by atoms with E-state index in [1.807, 2.05) is 31.3 Å². The molecule has 0 unspecified atom stereocenters. The number of hydrogen-bond acceptors (Lipinski definition) is 6. The molecule has 1 aliphatic carbocycles. The number of nitrogens with zero attached hydrogens (tertiary/aromatic N) is 4. The first kappa shape index (κ1) is 17.7. The second kappa shape index (κ2) is 7.92. The highest BCUT2D eigenvalue weighted by atomic mass is 16.5. The van der Waals surface area contributed by atoms with E-state index in [0.717, 1.165) is 56.0 Å². The van der Waals surface area contributed by atoms with Crippen LogP contribution in [0.4, 0.5) is 17.2 Å². The fourth-order valence-corrected chi connectivity index (χ4v) is 3.23. The van der Waals surface area contributed by atoms with Crippen molar-refractivity contribution in [3.63, 3.8) is 0 Å². The topological polar surface area (TPSA) is 70.6 Å². The Bertz CT molecular complexity index is 785. The van der Waals surface area contributed by atoms with Gasteiger partial charge in [-0.2, -0.15) is 0 Å². The summed E-state index contributed by atoms with van der Waals surface area (Å²) in [6.45, 7) is 4.27. The van der Waals surface area contributed by atoms with Crippen LogP contribution >= 0.6 is 0 Å². The molecular formula is C20H25N5O2. The second-order valence-corrected chi connectivity index (χ2v) is 7.19. The van der Waals surface area contributed by atoms with Gasteiger partial charge in [0.25, 0.3) is 5.91 Å². The van der Waals surface area contributed by atoms with Crippen LogP contribution in [0.1, 0.15) is 23.3 Å². The van der Waals surface area contributed by atoms with E-state index in [0.29, 0.717) is 5.69 Å². The van der Waals surface area contributed by atoms with Crippen molar-refractivity contribution in [1.82, 2.24) is 9.97 Å². The average Bonchev–Trinajstić information content (AvgIpc) is 3.53. The van der Waals surface area contributed by atoms with Gasteiger partial charge in [0.2, 0.25) is 0 Å². The van der Waals surface area contributed by atoms with E-state index < -0.39 is 0 Å². The molecule has 2 heterocycles. The summed E-state index contributed by atoms with van der Waals surface area (Å²) in [5.41, 5.74) is 2.27. The van der Waals surface area contributed by atoms with E-state index in [1.54, 1.807) is 6.07 Å². The van der Waals surface area contributed by atoms with Gasteiger partial charge in [-0.3, -0.25) is 4.79 Å². The minimum Gasteiger partial charge on any atom is -0.378 e. The van der Waals surface area contributed by atoms with Crippen LogP contribution in [0.25, 0.3) is 0 Å². The molecule has 1 aromatic carbocycles. The van der Waals surface area contributed by atoms with E-state index in [-0.39, 0.29) is 5.91 Å². The summed E-state index contributed by atoms with van der Waals surface area (Å²) in [4.78, 5) is 25.4. The van der Waals surface area contributed by atoms with Crippen molar-refractivity contribution in [2.45, 2.75) is 12.8 Å². The molecule has 0 bridgehead atoms. The molecule has 1 saturated heterocycles. The van der Waals surface area contributed by atoms with Crippen molar-refractivity contribution in [2.75, 3.05) is 55.0 Å².